The summed E-state index contributed by atoms with van der Waals surface area (Å²) in [5, 5.41) is 3.47. The van der Waals surface area contributed by atoms with Crippen LogP contribution < -0.4 is 11.1 Å². The number of nitrogens with two attached hydrogens (primary N) is 1. The third-order valence-corrected chi connectivity index (χ3v) is 4.46. The predicted octanol–water partition coefficient (Wildman–Crippen LogP) is 1.95. The number of hydrogen-bond acceptors (Lipinski definition) is 2. The van der Waals surface area contributed by atoms with Crippen LogP contribution in [-0.2, 0) is 4.79 Å². The first-order valence-corrected chi connectivity index (χ1v) is 8.39. The Morgan fingerprint density at radius 3 is 2.83 bits per heavy atom. The highest BCUT2D eigenvalue weighted by Gasteiger charge is 2.23. The van der Waals surface area contributed by atoms with E-state index >= 15 is 0 Å². The second-order valence-corrected chi connectivity index (χ2v) is 6.36. The number of nitrogens with zero attached hydrogens (tertiary/aromatic N) is 2. The molecule has 2 atom stereocenters. The summed E-state index contributed by atoms with van der Waals surface area (Å²) >= 11 is 0. The molecule has 2 unspecified atom stereocenters. The molecule has 1 amide bonds. The maximum atomic E-state index is 11.1. The second-order valence-electron chi connectivity index (χ2n) is 6.36. The van der Waals surface area contributed by atoms with Crippen LogP contribution in [0.3, 0.4) is 0 Å². The molecule has 0 spiro atoms. The third-order valence-electron chi connectivity index (χ3n) is 4.46. The van der Waals surface area contributed by atoms with Gasteiger partial charge in [0.2, 0.25) is 5.91 Å². The summed E-state index contributed by atoms with van der Waals surface area (Å²) in [4.78, 5) is 17.8. The van der Waals surface area contributed by atoms with Gasteiger partial charge in [-0.15, -0.1) is 0 Å². The molecule has 5 heteroatoms. The number of carbonyl (C=O) groups excluding carboxylic acids is 1. The smallest absolute Gasteiger partial charge is 0.217 e. The van der Waals surface area contributed by atoms with Crippen LogP contribution in [0.5, 0.6) is 0 Å². The molecule has 1 fully saturated rings. The van der Waals surface area contributed by atoms with Crippen molar-refractivity contribution >= 4 is 11.9 Å². The molecule has 2 rings (SSSR count). The average molecular weight is 316 g/mol. The fourth-order valence-corrected chi connectivity index (χ4v) is 3.18. The van der Waals surface area contributed by atoms with E-state index in [0.717, 1.165) is 38.4 Å². The Labute approximate surface area is 139 Å². The van der Waals surface area contributed by atoms with E-state index in [1.807, 2.05) is 13.1 Å². The Morgan fingerprint density at radius 1 is 1.43 bits per heavy atom. The molecule has 0 aromatic heterocycles. The van der Waals surface area contributed by atoms with Gasteiger partial charge >= 0.3 is 0 Å². The highest BCUT2D eigenvalue weighted by atomic mass is 16.1. The fourth-order valence-electron chi connectivity index (χ4n) is 3.18. The second kappa shape index (κ2) is 8.56. The van der Waals surface area contributed by atoms with E-state index in [2.05, 4.69) is 46.4 Å². The number of rotatable bonds is 5. The van der Waals surface area contributed by atoms with Gasteiger partial charge < -0.3 is 16.0 Å². The van der Waals surface area contributed by atoms with Gasteiger partial charge in [0.25, 0.3) is 0 Å². The Morgan fingerprint density at radius 2 is 2.17 bits per heavy atom. The Balaban J connectivity index is 1.88. The van der Waals surface area contributed by atoms with E-state index < -0.39 is 0 Å². The number of piperidine rings is 1. The molecule has 1 aromatic carbocycles. The maximum absolute atomic E-state index is 11.1. The monoisotopic (exact) mass is 316 g/mol. The zero-order valence-corrected chi connectivity index (χ0v) is 14.2. The fraction of sp³-hybridized carbons (Fsp3) is 0.556. The lowest BCUT2D eigenvalue weighted by Crippen LogP contribution is -2.47. The summed E-state index contributed by atoms with van der Waals surface area (Å²) in [6.07, 6.45) is 2.61. The number of hydrogen-bond donors (Lipinski definition) is 2. The Hall–Kier alpha value is -2.04. The molecule has 0 bridgehead atoms. The highest BCUT2D eigenvalue weighted by Crippen LogP contribution is 2.19. The zero-order chi connectivity index (χ0) is 16.7. The Bertz CT molecular complexity index is 529. The van der Waals surface area contributed by atoms with Crippen LogP contribution in [-0.4, -0.2) is 43.4 Å². The van der Waals surface area contributed by atoms with Crippen LogP contribution in [0.15, 0.2) is 35.3 Å². The van der Waals surface area contributed by atoms with Gasteiger partial charge in [-0.2, -0.15) is 0 Å². The van der Waals surface area contributed by atoms with Crippen LogP contribution in [0.1, 0.15) is 37.7 Å². The summed E-state index contributed by atoms with van der Waals surface area (Å²) in [5.74, 6) is 1.46. The van der Waals surface area contributed by atoms with Crippen molar-refractivity contribution in [2.75, 3.05) is 26.7 Å². The van der Waals surface area contributed by atoms with Gasteiger partial charge in [-0.3, -0.25) is 9.79 Å². The van der Waals surface area contributed by atoms with Crippen LogP contribution in [0.25, 0.3) is 0 Å². The van der Waals surface area contributed by atoms with Crippen molar-refractivity contribution in [3.05, 3.63) is 35.9 Å². The van der Waals surface area contributed by atoms with E-state index in [-0.39, 0.29) is 5.91 Å². The topological polar surface area (TPSA) is 70.7 Å². The molecular weight excluding hydrogens is 288 g/mol. The zero-order valence-electron chi connectivity index (χ0n) is 14.2. The lowest BCUT2D eigenvalue weighted by Gasteiger charge is -2.35. The van der Waals surface area contributed by atoms with Gasteiger partial charge in [-0.25, -0.2) is 0 Å². The normalized spacial score (nSPS) is 20.2. The summed E-state index contributed by atoms with van der Waals surface area (Å²) in [6, 6.07) is 10.5. The van der Waals surface area contributed by atoms with E-state index in [1.54, 1.807) is 0 Å². The third kappa shape index (κ3) is 5.27. The van der Waals surface area contributed by atoms with Gasteiger partial charge in [0.1, 0.15) is 0 Å². The van der Waals surface area contributed by atoms with Crippen LogP contribution in [0, 0.1) is 5.92 Å². The van der Waals surface area contributed by atoms with Crippen molar-refractivity contribution in [3.63, 3.8) is 0 Å². The molecule has 0 radical (unpaired) electrons. The number of amides is 1. The van der Waals surface area contributed by atoms with E-state index in [4.69, 9.17) is 5.73 Å². The van der Waals surface area contributed by atoms with E-state index in [0.29, 0.717) is 18.3 Å². The quantitative estimate of drug-likeness (QED) is 0.644. The Kier molecular flexibility index (Phi) is 6.44. The van der Waals surface area contributed by atoms with Crippen molar-refractivity contribution < 1.29 is 4.79 Å². The number of nitrogens with one attached hydrogen (secondary N) is 1. The SMILES string of the molecule is CN=C(NCC(C)c1ccccc1)N1CCCC(CC(N)=O)C1. The minimum atomic E-state index is -0.211. The molecule has 0 saturated carbocycles. The van der Waals surface area contributed by atoms with Gasteiger partial charge in [0.05, 0.1) is 0 Å². The molecule has 1 heterocycles. The lowest BCUT2D eigenvalue weighted by atomic mass is 9.95. The van der Waals surface area contributed by atoms with Crippen molar-refractivity contribution in [2.24, 2.45) is 16.6 Å². The number of aliphatic imine (C=N–C) groups is 1. The number of carbonyl (C=O) groups is 1. The maximum Gasteiger partial charge on any atom is 0.217 e. The van der Waals surface area contributed by atoms with Crippen molar-refractivity contribution in [1.82, 2.24) is 10.2 Å². The van der Waals surface area contributed by atoms with Gasteiger partial charge in [-0.1, -0.05) is 37.3 Å². The summed E-state index contributed by atoms with van der Waals surface area (Å²) in [6.45, 7) is 4.88. The van der Waals surface area contributed by atoms with Crippen molar-refractivity contribution in [2.45, 2.75) is 32.1 Å². The van der Waals surface area contributed by atoms with E-state index in [1.165, 1.54) is 5.56 Å². The number of guanidine groups is 1. The molecule has 1 aromatic rings. The first-order chi connectivity index (χ1) is 11.1. The number of benzene rings is 1. The largest absolute Gasteiger partial charge is 0.370 e. The average Bonchev–Trinajstić information content (AvgIpc) is 2.56. The molecule has 5 nitrogen and oxygen atoms in total. The lowest BCUT2D eigenvalue weighted by molar-refractivity contribution is -0.119. The van der Waals surface area contributed by atoms with Crippen molar-refractivity contribution in [1.29, 1.82) is 0 Å². The van der Waals surface area contributed by atoms with Crippen LogP contribution in [0.4, 0.5) is 0 Å². The first kappa shape index (κ1) is 17.3. The molecule has 3 N–H and O–H groups in total. The van der Waals surface area contributed by atoms with Gasteiger partial charge in [0, 0.05) is 33.1 Å². The molecule has 1 saturated heterocycles. The molecular formula is C18H28N4O. The van der Waals surface area contributed by atoms with Gasteiger partial charge in [0.15, 0.2) is 5.96 Å². The minimum Gasteiger partial charge on any atom is -0.370 e. The predicted molar refractivity (Wildman–Crippen MR) is 94.3 cm³/mol. The van der Waals surface area contributed by atoms with Gasteiger partial charge in [-0.05, 0) is 30.2 Å². The molecule has 1 aliphatic heterocycles. The minimum absolute atomic E-state index is 0.211. The number of primary amides is 1. The summed E-state index contributed by atoms with van der Waals surface area (Å²) < 4.78 is 0. The molecule has 1 aliphatic rings. The standard InChI is InChI=1S/C18H28N4O/c1-14(16-8-4-3-5-9-16)12-21-18(20-2)22-10-6-7-15(13-22)11-17(19)23/h3-5,8-9,14-15H,6-7,10-13H2,1-2H3,(H2,19,23)(H,20,21). The number of likely N-dealkylation sites (tertiary alicyclic amines) is 1. The van der Waals surface area contributed by atoms with Crippen molar-refractivity contribution in [3.8, 4) is 0 Å². The van der Waals surface area contributed by atoms with Crippen LogP contribution >= 0.6 is 0 Å². The summed E-state index contributed by atoms with van der Waals surface area (Å²) in [7, 11) is 1.81. The summed E-state index contributed by atoms with van der Waals surface area (Å²) in [5.41, 5.74) is 6.66. The molecule has 23 heavy (non-hydrogen) atoms. The van der Waals surface area contributed by atoms with E-state index in [9.17, 15) is 4.79 Å². The highest BCUT2D eigenvalue weighted by molar-refractivity contribution is 5.80. The molecule has 0 aliphatic carbocycles. The first-order valence-electron chi connectivity index (χ1n) is 8.39. The van der Waals surface area contributed by atoms with Crippen LogP contribution in [0.2, 0.25) is 0 Å². The molecule has 126 valence electrons.